The molecule has 0 fully saturated rings. The molecule has 7 rings (SSSR count). The Hall–Kier alpha value is -4.92. The van der Waals surface area contributed by atoms with Gasteiger partial charge in [0.2, 0.25) is 0 Å². The molecule has 0 aliphatic carbocycles. The monoisotopic (exact) mass is 457 g/mol. The highest BCUT2D eigenvalue weighted by Crippen LogP contribution is 2.33. The topological polar surface area (TPSA) is 92.1 Å². The van der Waals surface area contributed by atoms with Crippen LogP contribution in [0.2, 0.25) is 0 Å². The van der Waals surface area contributed by atoms with Crippen LogP contribution in [0.3, 0.4) is 0 Å². The van der Waals surface area contributed by atoms with E-state index in [0.29, 0.717) is 6.42 Å². The fourth-order valence-electron chi connectivity index (χ4n) is 4.76. The molecule has 4 aromatic carbocycles. The van der Waals surface area contributed by atoms with Crippen LogP contribution >= 0.6 is 0 Å². The molecule has 7 aromatic rings. The van der Waals surface area contributed by atoms with E-state index in [4.69, 9.17) is 0 Å². The average molecular weight is 458 g/mol. The van der Waals surface area contributed by atoms with E-state index in [9.17, 15) is 0 Å². The third-order valence-electron chi connectivity index (χ3n) is 6.36. The van der Waals surface area contributed by atoms with Gasteiger partial charge in [-0.2, -0.15) is 14.0 Å². The fraction of sp³-hybridized carbons (Fsp3) is 0.0769. The minimum absolute atomic E-state index is 0.474. The van der Waals surface area contributed by atoms with Crippen molar-refractivity contribution in [2.24, 2.45) is 0 Å². The number of benzene rings is 4. The van der Waals surface area contributed by atoms with Gasteiger partial charge in [0.05, 0.1) is 16.6 Å². The lowest BCUT2D eigenvalue weighted by Crippen LogP contribution is -2.51. The minimum atomic E-state index is -1.11. The van der Waals surface area contributed by atoms with Crippen molar-refractivity contribution in [2.45, 2.75) is 12.2 Å². The van der Waals surface area contributed by atoms with Crippen LogP contribution < -0.4 is 0 Å². The van der Waals surface area contributed by atoms with Crippen molar-refractivity contribution in [3.63, 3.8) is 0 Å². The van der Waals surface area contributed by atoms with Gasteiger partial charge >= 0.3 is 0 Å². The maximum absolute atomic E-state index is 4.68. The first-order chi connectivity index (χ1) is 17.3. The minimum Gasteiger partial charge on any atom is -0.196 e. The van der Waals surface area contributed by atoms with Crippen LogP contribution in [-0.2, 0) is 12.2 Å². The standard InChI is InChI=1S/C26H19N9/c1-2-10-19(11-3-1)18-26(33-23-15-7-4-12-20(23)27-30-33,34-24-16-8-5-13-21(24)28-31-34)35-25-17-9-6-14-22(25)29-32-35/h1-17H,18H2. The second-order valence-corrected chi connectivity index (χ2v) is 8.41. The highest BCUT2D eigenvalue weighted by atomic mass is 15.7. The molecule has 35 heavy (non-hydrogen) atoms. The summed E-state index contributed by atoms with van der Waals surface area (Å²) < 4.78 is 5.66. The average Bonchev–Trinajstić information content (AvgIpc) is 3.65. The molecule has 0 aliphatic rings. The summed E-state index contributed by atoms with van der Waals surface area (Å²) in [5.41, 5.74) is 5.95. The Bertz CT molecular complexity index is 1620. The Morgan fingerprint density at radius 2 is 0.829 bits per heavy atom. The summed E-state index contributed by atoms with van der Waals surface area (Å²) in [6.45, 7) is 0. The van der Waals surface area contributed by atoms with E-state index in [0.717, 1.165) is 38.7 Å². The zero-order valence-corrected chi connectivity index (χ0v) is 18.5. The summed E-state index contributed by atoms with van der Waals surface area (Å²) in [6.07, 6.45) is 0.474. The van der Waals surface area contributed by atoms with Crippen molar-refractivity contribution >= 4 is 33.1 Å². The molecule has 0 atom stereocenters. The Morgan fingerprint density at radius 3 is 1.26 bits per heavy atom. The number of rotatable bonds is 5. The summed E-state index contributed by atoms with van der Waals surface area (Å²) in [5.74, 6) is -1.11. The molecule has 9 nitrogen and oxygen atoms in total. The zero-order valence-electron chi connectivity index (χ0n) is 18.5. The van der Waals surface area contributed by atoms with E-state index in [1.807, 2.05) is 105 Å². The lowest BCUT2D eigenvalue weighted by atomic mass is 10.1. The maximum Gasteiger partial charge on any atom is 0.259 e. The largest absolute Gasteiger partial charge is 0.259 e. The highest BCUT2D eigenvalue weighted by Gasteiger charge is 2.44. The van der Waals surface area contributed by atoms with Gasteiger partial charge in [-0.3, -0.25) is 0 Å². The van der Waals surface area contributed by atoms with Crippen molar-refractivity contribution in [3.05, 3.63) is 109 Å². The van der Waals surface area contributed by atoms with Crippen molar-refractivity contribution in [2.75, 3.05) is 0 Å². The summed E-state index contributed by atoms with van der Waals surface area (Å²) in [7, 11) is 0. The van der Waals surface area contributed by atoms with Crippen molar-refractivity contribution in [1.82, 2.24) is 45.0 Å². The SMILES string of the molecule is c1ccc(CC(n2nnc3ccccc32)(n2nnc3ccccc32)n2nnc3ccccc32)cc1. The second kappa shape index (κ2) is 7.56. The van der Waals surface area contributed by atoms with Gasteiger partial charge in [-0.1, -0.05) is 82.4 Å². The quantitative estimate of drug-likeness (QED) is 0.390. The first-order valence-electron chi connectivity index (χ1n) is 11.3. The van der Waals surface area contributed by atoms with Crippen LogP contribution in [0.25, 0.3) is 33.1 Å². The number of aromatic nitrogens is 9. The van der Waals surface area contributed by atoms with Gasteiger partial charge in [-0.15, -0.1) is 15.3 Å². The van der Waals surface area contributed by atoms with Crippen LogP contribution in [0.4, 0.5) is 0 Å². The van der Waals surface area contributed by atoms with E-state index in [-0.39, 0.29) is 0 Å². The Kier molecular flexibility index (Phi) is 4.22. The molecular formula is C26H19N9. The molecule has 0 bridgehead atoms. The van der Waals surface area contributed by atoms with E-state index in [1.54, 1.807) is 0 Å². The van der Waals surface area contributed by atoms with Crippen LogP contribution in [0.1, 0.15) is 5.56 Å². The predicted molar refractivity (Wildman–Crippen MR) is 131 cm³/mol. The molecule has 3 aromatic heterocycles. The molecule has 0 unspecified atom stereocenters. The van der Waals surface area contributed by atoms with Crippen molar-refractivity contribution in [3.8, 4) is 0 Å². The third-order valence-corrected chi connectivity index (χ3v) is 6.36. The lowest BCUT2D eigenvalue weighted by Gasteiger charge is -2.35. The third kappa shape index (κ3) is 2.88. The van der Waals surface area contributed by atoms with Crippen LogP contribution in [0.15, 0.2) is 103 Å². The normalized spacial score (nSPS) is 12.1. The number of hydrogen-bond donors (Lipinski definition) is 0. The highest BCUT2D eigenvalue weighted by molar-refractivity contribution is 5.78. The maximum atomic E-state index is 4.68. The molecule has 0 N–H and O–H groups in total. The Morgan fingerprint density at radius 1 is 0.457 bits per heavy atom. The molecule has 0 saturated heterocycles. The van der Waals surface area contributed by atoms with Gasteiger partial charge in [-0.05, 0) is 42.0 Å². The molecule has 0 radical (unpaired) electrons. The molecule has 0 aliphatic heterocycles. The molecule has 0 amide bonds. The van der Waals surface area contributed by atoms with Gasteiger partial charge in [0.15, 0.2) is 0 Å². The Labute approximate surface area is 199 Å². The number of hydrogen-bond acceptors (Lipinski definition) is 6. The fourth-order valence-corrected chi connectivity index (χ4v) is 4.76. The van der Waals surface area contributed by atoms with E-state index >= 15 is 0 Å². The zero-order chi connectivity index (χ0) is 23.2. The van der Waals surface area contributed by atoms with Gasteiger partial charge in [-0.25, -0.2) is 0 Å². The Balaban J connectivity index is 1.66. The summed E-state index contributed by atoms with van der Waals surface area (Å²) >= 11 is 0. The number of fused-ring (bicyclic) bond motifs is 3. The first-order valence-corrected chi connectivity index (χ1v) is 11.3. The van der Waals surface area contributed by atoms with Crippen LogP contribution in [-0.4, -0.2) is 45.0 Å². The van der Waals surface area contributed by atoms with Gasteiger partial charge < -0.3 is 0 Å². The summed E-state index contributed by atoms with van der Waals surface area (Å²) in [4.78, 5) is 0. The smallest absolute Gasteiger partial charge is 0.196 e. The molecule has 168 valence electrons. The van der Waals surface area contributed by atoms with Gasteiger partial charge in [0.1, 0.15) is 16.6 Å². The van der Waals surface area contributed by atoms with Crippen molar-refractivity contribution in [1.29, 1.82) is 0 Å². The molecule has 3 heterocycles. The predicted octanol–water partition coefficient (Wildman–Crippen LogP) is 3.87. The molecule has 0 saturated carbocycles. The van der Waals surface area contributed by atoms with E-state index < -0.39 is 5.79 Å². The number of nitrogens with zero attached hydrogens (tertiary/aromatic N) is 9. The lowest BCUT2D eigenvalue weighted by molar-refractivity contribution is 0.125. The summed E-state index contributed by atoms with van der Waals surface area (Å²) in [5, 5.41) is 27.5. The van der Waals surface area contributed by atoms with E-state index in [2.05, 4.69) is 43.1 Å². The van der Waals surface area contributed by atoms with Crippen molar-refractivity contribution < 1.29 is 0 Å². The molecule has 0 spiro atoms. The van der Waals surface area contributed by atoms with Gasteiger partial charge in [0, 0.05) is 6.42 Å². The van der Waals surface area contributed by atoms with Crippen LogP contribution in [0, 0.1) is 0 Å². The second-order valence-electron chi connectivity index (χ2n) is 8.41. The molecule has 9 heteroatoms. The summed E-state index contributed by atoms with van der Waals surface area (Å²) in [6, 6.07) is 33.9. The number of para-hydroxylation sites is 3. The van der Waals surface area contributed by atoms with Gasteiger partial charge in [0.25, 0.3) is 5.79 Å². The van der Waals surface area contributed by atoms with Crippen LogP contribution in [0.5, 0.6) is 0 Å². The first kappa shape index (κ1) is 19.5. The molecular weight excluding hydrogens is 438 g/mol. The van der Waals surface area contributed by atoms with E-state index in [1.165, 1.54) is 0 Å².